The van der Waals surface area contributed by atoms with Crippen LogP contribution >= 0.6 is 11.8 Å². The smallest absolute Gasteiger partial charge is 0.305 e. The largest absolute Gasteiger partial charge is 0.481 e. The number of aliphatic carboxylic acids is 1. The van der Waals surface area contributed by atoms with Crippen LogP contribution in [-0.2, 0) is 9.59 Å². The van der Waals surface area contributed by atoms with E-state index in [0.29, 0.717) is 5.76 Å². The van der Waals surface area contributed by atoms with Crippen LogP contribution in [0.2, 0.25) is 0 Å². The van der Waals surface area contributed by atoms with Gasteiger partial charge in [0, 0.05) is 0 Å². The Morgan fingerprint density at radius 1 is 1.63 bits per heavy atom. The van der Waals surface area contributed by atoms with Crippen molar-refractivity contribution in [3.05, 3.63) is 23.7 Å². The number of hydrogen-bond donors (Lipinski definition) is 2. The molecular formula is C11H11N3O4S. The summed E-state index contributed by atoms with van der Waals surface area (Å²) in [5, 5.41) is 18.3. The number of carboxylic acids is 1. The molecule has 2 rings (SSSR count). The minimum absolute atomic E-state index is 0.239. The van der Waals surface area contributed by atoms with Crippen LogP contribution in [-0.4, -0.2) is 33.6 Å². The summed E-state index contributed by atoms with van der Waals surface area (Å²) in [4.78, 5) is 21.9. The number of furan rings is 1. The second kappa shape index (κ2) is 5.70. The topological polar surface area (TPSA) is 104 Å². The fraction of sp³-hybridized carbons (Fsp3) is 0.273. The third kappa shape index (κ3) is 3.68. The van der Waals surface area contributed by atoms with Crippen LogP contribution in [0.3, 0.4) is 0 Å². The highest BCUT2D eigenvalue weighted by molar-refractivity contribution is 8.15. The van der Waals surface area contributed by atoms with Crippen LogP contribution in [0.1, 0.15) is 17.9 Å². The molecule has 0 aliphatic carbocycles. The Balaban J connectivity index is 1.96. The average molecular weight is 281 g/mol. The second-order valence-corrected chi connectivity index (χ2v) is 4.98. The van der Waals surface area contributed by atoms with Gasteiger partial charge in [0.25, 0.3) is 0 Å². The lowest BCUT2D eigenvalue weighted by atomic mass is 10.3. The zero-order chi connectivity index (χ0) is 13.8. The summed E-state index contributed by atoms with van der Waals surface area (Å²) in [5.74, 6) is -0.0731. The van der Waals surface area contributed by atoms with Crippen LogP contribution in [0, 0.1) is 6.92 Å². The van der Waals surface area contributed by atoms with E-state index in [1.54, 1.807) is 12.1 Å². The molecule has 2 N–H and O–H groups in total. The van der Waals surface area contributed by atoms with Gasteiger partial charge < -0.3 is 14.8 Å². The van der Waals surface area contributed by atoms with E-state index in [1.165, 1.54) is 6.21 Å². The third-order valence-corrected chi connectivity index (χ3v) is 3.30. The summed E-state index contributed by atoms with van der Waals surface area (Å²) < 4.78 is 5.25. The first-order valence-electron chi connectivity index (χ1n) is 5.41. The Bertz CT molecular complexity index is 564. The van der Waals surface area contributed by atoms with Gasteiger partial charge in [0.1, 0.15) is 16.8 Å². The molecule has 8 heteroatoms. The van der Waals surface area contributed by atoms with Crippen molar-refractivity contribution in [3.8, 4) is 0 Å². The number of rotatable bonds is 4. The number of carbonyl (C=O) groups excluding carboxylic acids is 1. The molecule has 0 aromatic carbocycles. The molecule has 1 aliphatic heterocycles. The first kappa shape index (κ1) is 13.3. The van der Waals surface area contributed by atoms with Crippen molar-refractivity contribution in [1.82, 2.24) is 5.32 Å². The van der Waals surface area contributed by atoms with Crippen LogP contribution in [0.5, 0.6) is 0 Å². The van der Waals surface area contributed by atoms with Gasteiger partial charge in [-0.3, -0.25) is 9.59 Å². The first-order valence-corrected chi connectivity index (χ1v) is 6.29. The average Bonchev–Trinajstić information content (AvgIpc) is 2.86. The van der Waals surface area contributed by atoms with E-state index in [-0.39, 0.29) is 17.5 Å². The standard InChI is InChI=1S/C11H11N3O4S/c1-6-2-3-7(18-6)5-12-14-11-13-10(17)8(19-11)4-9(15)16/h2-3,5,8H,4H2,1H3,(H,15,16)(H,13,14,17)/b12-5-/t8-/m0/s1. The molecule has 7 nitrogen and oxygen atoms in total. The van der Waals surface area contributed by atoms with Crippen LogP contribution < -0.4 is 5.32 Å². The summed E-state index contributed by atoms with van der Waals surface area (Å²) in [5.41, 5.74) is 0. The van der Waals surface area contributed by atoms with E-state index in [9.17, 15) is 9.59 Å². The van der Waals surface area contributed by atoms with E-state index in [1.807, 2.05) is 6.92 Å². The third-order valence-electron chi connectivity index (χ3n) is 2.23. The number of carbonyl (C=O) groups is 2. The molecule has 0 spiro atoms. The van der Waals surface area contributed by atoms with E-state index in [4.69, 9.17) is 9.52 Å². The summed E-state index contributed by atoms with van der Waals surface area (Å²) in [6.45, 7) is 1.81. The van der Waals surface area contributed by atoms with Crippen LogP contribution in [0.25, 0.3) is 0 Å². The van der Waals surface area contributed by atoms with Crippen molar-refractivity contribution < 1.29 is 19.1 Å². The number of nitrogens with zero attached hydrogens (tertiary/aromatic N) is 2. The van der Waals surface area contributed by atoms with E-state index < -0.39 is 11.2 Å². The molecule has 2 heterocycles. The molecule has 1 fully saturated rings. The normalized spacial score (nSPS) is 21.2. The van der Waals surface area contributed by atoms with Crippen LogP contribution in [0.15, 0.2) is 26.8 Å². The number of aryl methyl sites for hydroxylation is 1. The Morgan fingerprint density at radius 2 is 2.42 bits per heavy atom. The highest BCUT2D eigenvalue weighted by atomic mass is 32.2. The maximum Gasteiger partial charge on any atom is 0.305 e. The maximum absolute atomic E-state index is 11.4. The molecule has 0 radical (unpaired) electrons. The van der Waals surface area contributed by atoms with E-state index >= 15 is 0 Å². The highest BCUT2D eigenvalue weighted by Gasteiger charge is 2.32. The van der Waals surface area contributed by atoms with Gasteiger partial charge in [-0.25, -0.2) is 0 Å². The van der Waals surface area contributed by atoms with Crippen molar-refractivity contribution in [3.63, 3.8) is 0 Å². The number of amidine groups is 1. The molecule has 1 atom stereocenters. The Morgan fingerprint density at radius 3 is 3.05 bits per heavy atom. The minimum Gasteiger partial charge on any atom is -0.481 e. The highest BCUT2D eigenvalue weighted by Crippen LogP contribution is 2.22. The predicted molar refractivity (Wildman–Crippen MR) is 70.2 cm³/mol. The molecule has 1 amide bonds. The van der Waals surface area contributed by atoms with E-state index in [0.717, 1.165) is 17.5 Å². The Hall–Kier alpha value is -2.09. The fourth-order valence-electron chi connectivity index (χ4n) is 1.41. The molecule has 1 aromatic heterocycles. The molecule has 100 valence electrons. The lowest BCUT2D eigenvalue weighted by molar-refractivity contribution is -0.138. The predicted octanol–water partition coefficient (Wildman–Crippen LogP) is 0.984. The first-order chi connectivity index (χ1) is 9.04. The molecule has 1 aliphatic rings. The van der Waals surface area contributed by atoms with Gasteiger partial charge in [0.2, 0.25) is 5.91 Å². The molecule has 1 aromatic rings. The monoisotopic (exact) mass is 281 g/mol. The fourth-order valence-corrected chi connectivity index (χ4v) is 2.32. The number of thioether (sulfide) groups is 1. The molecule has 0 bridgehead atoms. The summed E-state index contributed by atoms with van der Waals surface area (Å²) in [6.07, 6.45) is 1.17. The maximum atomic E-state index is 11.4. The molecule has 19 heavy (non-hydrogen) atoms. The zero-order valence-corrected chi connectivity index (χ0v) is 10.8. The van der Waals surface area contributed by atoms with Crippen molar-refractivity contribution in [2.24, 2.45) is 10.2 Å². The van der Waals surface area contributed by atoms with Gasteiger partial charge in [-0.1, -0.05) is 11.8 Å². The van der Waals surface area contributed by atoms with Gasteiger partial charge in [0.05, 0.1) is 12.6 Å². The minimum atomic E-state index is -1.02. The number of amides is 1. The Kier molecular flexibility index (Phi) is 4.00. The van der Waals surface area contributed by atoms with Gasteiger partial charge in [-0.2, -0.15) is 5.10 Å². The van der Waals surface area contributed by atoms with E-state index in [2.05, 4.69) is 15.5 Å². The molecule has 1 saturated heterocycles. The summed E-state index contributed by atoms with van der Waals surface area (Å²) >= 11 is 1.05. The summed E-state index contributed by atoms with van der Waals surface area (Å²) in [7, 11) is 0. The van der Waals surface area contributed by atoms with Crippen molar-refractivity contribution in [2.45, 2.75) is 18.6 Å². The lowest BCUT2D eigenvalue weighted by Gasteiger charge is -1.97. The SMILES string of the molecule is Cc1ccc(/C=N\N=C2\NC(=O)[C@H](CC(=O)O)S2)o1. The number of carboxylic acid groups (broad SMARTS) is 1. The molecular weight excluding hydrogens is 270 g/mol. The van der Waals surface area contributed by atoms with Gasteiger partial charge in [-0.05, 0) is 19.1 Å². The van der Waals surface area contributed by atoms with Gasteiger partial charge >= 0.3 is 5.97 Å². The van der Waals surface area contributed by atoms with Crippen molar-refractivity contribution >= 4 is 35.0 Å². The van der Waals surface area contributed by atoms with Gasteiger partial charge in [0.15, 0.2) is 5.17 Å². The Labute approximate surface area is 112 Å². The zero-order valence-electron chi connectivity index (χ0n) is 9.99. The second-order valence-electron chi connectivity index (χ2n) is 3.79. The van der Waals surface area contributed by atoms with Crippen LogP contribution in [0.4, 0.5) is 0 Å². The summed E-state index contributed by atoms with van der Waals surface area (Å²) in [6, 6.07) is 3.54. The molecule has 0 saturated carbocycles. The number of nitrogens with one attached hydrogen (secondary N) is 1. The number of hydrogen-bond acceptors (Lipinski definition) is 6. The van der Waals surface area contributed by atoms with Crippen molar-refractivity contribution in [1.29, 1.82) is 0 Å². The lowest BCUT2D eigenvalue weighted by Crippen LogP contribution is -2.26. The van der Waals surface area contributed by atoms with Crippen molar-refractivity contribution in [2.75, 3.05) is 0 Å². The quantitative estimate of drug-likeness (QED) is 0.632. The molecule has 0 unspecified atom stereocenters. The van der Waals surface area contributed by atoms with Gasteiger partial charge in [-0.15, -0.1) is 5.10 Å².